The normalized spacial score (nSPS) is 13.7. The fourth-order valence-corrected chi connectivity index (χ4v) is 5.65. The van der Waals surface area contributed by atoms with Crippen LogP contribution in [0.25, 0.3) is 11.5 Å². The minimum absolute atomic E-state index is 0.0335. The van der Waals surface area contributed by atoms with Crippen molar-refractivity contribution >= 4 is 23.4 Å². The van der Waals surface area contributed by atoms with Crippen LogP contribution in [-0.2, 0) is 16.6 Å². The Bertz CT molecular complexity index is 1460. The van der Waals surface area contributed by atoms with E-state index in [0.717, 1.165) is 46.5 Å². The van der Waals surface area contributed by atoms with Gasteiger partial charge in [0, 0.05) is 16.1 Å². The molecular weight excluding hydrogens is 480 g/mol. The summed E-state index contributed by atoms with van der Waals surface area (Å²) < 4.78 is 5.60. The summed E-state index contributed by atoms with van der Waals surface area (Å²) >= 11 is 1.79. The predicted molar refractivity (Wildman–Crippen MR) is 146 cm³/mol. The zero-order valence-corrected chi connectivity index (χ0v) is 22.0. The molecule has 1 heterocycles. The van der Waals surface area contributed by atoms with Crippen LogP contribution in [0.3, 0.4) is 0 Å². The molecular formula is C30H28N4O2S. The fourth-order valence-electron chi connectivity index (χ4n) is 4.98. The molecule has 4 aromatic rings. The predicted octanol–water partition coefficient (Wildman–Crippen LogP) is 6.60. The number of carbonyl (C=O) groups is 1. The summed E-state index contributed by atoms with van der Waals surface area (Å²) in [7, 11) is 0. The Morgan fingerprint density at radius 3 is 2.35 bits per heavy atom. The molecule has 7 heteroatoms. The van der Waals surface area contributed by atoms with E-state index in [1.165, 1.54) is 10.5 Å². The summed E-state index contributed by atoms with van der Waals surface area (Å²) in [6.07, 6.45) is 2.22. The number of aryl methyl sites for hydroxylation is 2. The molecule has 37 heavy (non-hydrogen) atoms. The van der Waals surface area contributed by atoms with Gasteiger partial charge in [-0.25, -0.2) is 0 Å². The van der Waals surface area contributed by atoms with E-state index < -0.39 is 0 Å². The van der Waals surface area contributed by atoms with Crippen LogP contribution >= 0.6 is 11.8 Å². The highest BCUT2D eigenvalue weighted by atomic mass is 32.2. The maximum absolute atomic E-state index is 12.7. The van der Waals surface area contributed by atoms with Crippen molar-refractivity contribution < 1.29 is 9.32 Å². The number of rotatable bonds is 8. The number of carbonyl (C=O) groups excluding carboxylic acids is 1. The van der Waals surface area contributed by atoms with E-state index in [9.17, 15) is 4.79 Å². The smallest absolute Gasteiger partial charge is 0.257 e. The molecule has 1 aromatic heterocycles. The summed E-state index contributed by atoms with van der Waals surface area (Å²) in [4.78, 5) is 18.7. The number of benzene rings is 3. The van der Waals surface area contributed by atoms with E-state index in [4.69, 9.17) is 14.8 Å². The fraction of sp³-hybridized carbons (Fsp3) is 0.267. The third-order valence-corrected chi connectivity index (χ3v) is 7.65. The van der Waals surface area contributed by atoms with Gasteiger partial charge in [-0.1, -0.05) is 24.2 Å². The van der Waals surface area contributed by atoms with Gasteiger partial charge in [0.05, 0.1) is 23.5 Å². The first-order valence-electron chi connectivity index (χ1n) is 12.4. The van der Waals surface area contributed by atoms with Crippen molar-refractivity contribution in [2.45, 2.75) is 50.3 Å². The SMILES string of the molecule is CCSc1ccc(CC(=O)Nc2cc(C)c(C3(c4noc(-c5ccc(C#N)cc5)n4)CC3)c(C)c2)cc1. The quantitative estimate of drug-likeness (QED) is 0.270. The molecule has 1 saturated carbocycles. The number of aromatic nitrogens is 2. The number of amides is 1. The molecule has 0 spiro atoms. The summed E-state index contributed by atoms with van der Waals surface area (Å²) in [5.74, 6) is 2.13. The van der Waals surface area contributed by atoms with Gasteiger partial charge in [-0.3, -0.25) is 4.79 Å². The maximum Gasteiger partial charge on any atom is 0.257 e. The largest absolute Gasteiger partial charge is 0.334 e. The highest BCUT2D eigenvalue weighted by Crippen LogP contribution is 2.54. The second-order valence-electron chi connectivity index (χ2n) is 9.48. The van der Waals surface area contributed by atoms with Crippen LogP contribution in [0.15, 0.2) is 70.1 Å². The van der Waals surface area contributed by atoms with Gasteiger partial charge >= 0.3 is 0 Å². The third-order valence-electron chi connectivity index (χ3n) is 6.76. The second kappa shape index (κ2) is 10.2. The number of thioether (sulfide) groups is 1. The van der Waals surface area contributed by atoms with E-state index in [1.807, 2.05) is 36.4 Å². The van der Waals surface area contributed by atoms with E-state index in [2.05, 4.69) is 49.4 Å². The van der Waals surface area contributed by atoms with Gasteiger partial charge in [-0.2, -0.15) is 10.2 Å². The Balaban J connectivity index is 1.32. The van der Waals surface area contributed by atoms with Gasteiger partial charge < -0.3 is 9.84 Å². The molecule has 1 fully saturated rings. The first kappa shape index (κ1) is 24.8. The van der Waals surface area contributed by atoms with Gasteiger partial charge in [-0.05, 0) is 103 Å². The van der Waals surface area contributed by atoms with Crippen LogP contribution in [0.5, 0.6) is 0 Å². The zero-order valence-electron chi connectivity index (χ0n) is 21.2. The second-order valence-corrected chi connectivity index (χ2v) is 10.8. The molecule has 1 amide bonds. The summed E-state index contributed by atoms with van der Waals surface area (Å²) in [6, 6.07) is 21.5. The first-order chi connectivity index (χ1) is 17.9. The molecule has 186 valence electrons. The zero-order chi connectivity index (χ0) is 26.0. The van der Waals surface area contributed by atoms with Crippen molar-refractivity contribution in [1.82, 2.24) is 10.1 Å². The van der Waals surface area contributed by atoms with Crippen LogP contribution < -0.4 is 5.32 Å². The topological polar surface area (TPSA) is 91.8 Å². The van der Waals surface area contributed by atoms with Crippen molar-refractivity contribution in [2.24, 2.45) is 0 Å². The average Bonchev–Trinajstić information content (AvgIpc) is 3.51. The average molecular weight is 509 g/mol. The Morgan fingerprint density at radius 2 is 1.76 bits per heavy atom. The Labute approximate surface area is 221 Å². The molecule has 0 aliphatic heterocycles. The van der Waals surface area contributed by atoms with E-state index >= 15 is 0 Å². The summed E-state index contributed by atoms with van der Waals surface area (Å²) in [5, 5.41) is 16.4. The number of nitrogens with one attached hydrogen (secondary N) is 1. The molecule has 5 rings (SSSR count). The monoisotopic (exact) mass is 508 g/mol. The highest BCUT2D eigenvalue weighted by molar-refractivity contribution is 7.99. The minimum atomic E-state index is -0.275. The number of nitriles is 1. The Morgan fingerprint density at radius 1 is 1.08 bits per heavy atom. The van der Waals surface area contributed by atoms with Gasteiger partial charge in [0.25, 0.3) is 5.89 Å². The Kier molecular flexibility index (Phi) is 6.86. The lowest BCUT2D eigenvalue weighted by Gasteiger charge is -2.19. The number of nitrogens with zero attached hydrogens (tertiary/aromatic N) is 3. The van der Waals surface area contributed by atoms with Crippen LogP contribution in [0.2, 0.25) is 0 Å². The van der Waals surface area contributed by atoms with Crippen molar-refractivity contribution in [2.75, 3.05) is 11.1 Å². The van der Waals surface area contributed by atoms with Crippen LogP contribution in [0.1, 0.15) is 53.4 Å². The molecule has 0 saturated heterocycles. The van der Waals surface area contributed by atoms with Gasteiger partial charge in [0.2, 0.25) is 5.91 Å². The molecule has 0 atom stereocenters. The van der Waals surface area contributed by atoms with Gasteiger partial charge in [0.1, 0.15) is 0 Å². The van der Waals surface area contributed by atoms with Crippen LogP contribution in [-0.4, -0.2) is 21.8 Å². The van der Waals surface area contributed by atoms with Crippen molar-refractivity contribution in [3.63, 3.8) is 0 Å². The number of hydrogen-bond donors (Lipinski definition) is 1. The van der Waals surface area contributed by atoms with E-state index in [0.29, 0.717) is 23.7 Å². The molecule has 0 bridgehead atoms. The van der Waals surface area contributed by atoms with Gasteiger partial charge in [0.15, 0.2) is 5.82 Å². The van der Waals surface area contributed by atoms with E-state index in [-0.39, 0.29) is 11.3 Å². The third kappa shape index (κ3) is 5.16. The van der Waals surface area contributed by atoms with Gasteiger partial charge in [-0.15, -0.1) is 11.8 Å². The standard InChI is InChI=1S/C30H28N4O2S/c1-4-37-25-11-7-21(8-12-25)17-26(35)32-24-15-19(2)27(20(3)16-24)30(13-14-30)29-33-28(36-34-29)23-9-5-22(18-31)6-10-23/h5-12,15-16H,4,13-14,17H2,1-3H3,(H,32,35). The lowest BCUT2D eigenvalue weighted by Crippen LogP contribution is -2.17. The first-order valence-corrected chi connectivity index (χ1v) is 13.4. The summed E-state index contributed by atoms with van der Waals surface area (Å²) in [5.41, 5.74) is 6.28. The van der Waals surface area contributed by atoms with Crippen molar-refractivity contribution in [1.29, 1.82) is 5.26 Å². The summed E-state index contributed by atoms with van der Waals surface area (Å²) in [6.45, 7) is 6.27. The lowest BCUT2D eigenvalue weighted by molar-refractivity contribution is -0.115. The molecule has 6 nitrogen and oxygen atoms in total. The molecule has 1 N–H and O–H groups in total. The van der Waals surface area contributed by atoms with Crippen LogP contribution in [0, 0.1) is 25.2 Å². The molecule has 0 radical (unpaired) electrons. The molecule has 3 aromatic carbocycles. The molecule has 1 aliphatic carbocycles. The van der Waals surface area contributed by atoms with Crippen LogP contribution in [0.4, 0.5) is 5.69 Å². The molecule has 0 unspecified atom stereocenters. The van der Waals surface area contributed by atoms with Crippen molar-refractivity contribution in [3.05, 3.63) is 94.3 Å². The maximum atomic E-state index is 12.7. The number of anilines is 1. The minimum Gasteiger partial charge on any atom is -0.334 e. The lowest BCUT2D eigenvalue weighted by atomic mass is 9.87. The van der Waals surface area contributed by atoms with E-state index in [1.54, 1.807) is 23.9 Å². The molecule has 1 aliphatic rings. The van der Waals surface area contributed by atoms with Crippen molar-refractivity contribution in [3.8, 4) is 17.5 Å². The highest BCUT2D eigenvalue weighted by Gasteiger charge is 2.51. The Hall–Kier alpha value is -3.89. The number of hydrogen-bond acceptors (Lipinski definition) is 6.